The van der Waals surface area contributed by atoms with Crippen molar-refractivity contribution < 1.29 is 42.9 Å². The Kier molecular flexibility index (Phi) is 13.7. The van der Waals surface area contributed by atoms with Crippen LogP contribution in [0.15, 0.2) is 61.3 Å². The second kappa shape index (κ2) is 19.0. The fourth-order valence-corrected chi connectivity index (χ4v) is 7.48. The number of aryl methyl sites for hydroxylation is 1. The Hall–Kier alpha value is -5.34. The molecule has 14 heteroatoms. The van der Waals surface area contributed by atoms with Gasteiger partial charge in [-0.25, -0.2) is 9.69 Å². The molecule has 3 aromatic rings. The lowest BCUT2D eigenvalue weighted by Gasteiger charge is -2.42. The van der Waals surface area contributed by atoms with Gasteiger partial charge in [0.2, 0.25) is 5.91 Å². The Morgan fingerprint density at radius 2 is 1.82 bits per heavy atom. The van der Waals surface area contributed by atoms with E-state index in [1.165, 1.54) is 18.1 Å². The highest BCUT2D eigenvalue weighted by Crippen LogP contribution is 2.42. The fraction of sp³-hybridized carbons (Fsp3) is 0.476. The van der Waals surface area contributed by atoms with Gasteiger partial charge in [0.05, 0.1) is 42.4 Å². The molecule has 0 saturated carbocycles. The molecule has 3 aliphatic heterocycles. The number of ketones is 1. The van der Waals surface area contributed by atoms with Crippen molar-refractivity contribution in [3.05, 3.63) is 78.1 Å². The minimum Gasteiger partial charge on any atom is -0.493 e. The smallest absolute Gasteiger partial charge is 0.416 e. The highest BCUT2D eigenvalue weighted by molar-refractivity contribution is 6.06. The molecule has 3 N–H and O–H groups in total. The molecule has 56 heavy (non-hydrogen) atoms. The number of anilines is 3. The zero-order valence-electron chi connectivity index (χ0n) is 32.3. The first-order valence-electron chi connectivity index (χ1n) is 19.5. The quantitative estimate of drug-likeness (QED) is 0.0700. The van der Waals surface area contributed by atoms with Crippen LogP contribution in [0.4, 0.5) is 21.9 Å². The first kappa shape index (κ1) is 40.3. The van der Waals surface area contributed by atoms with Gasteiger partial charge in [-0.15, -0.1) is 0 Å². The molecule has 0 radical (unpaired) electrons. The zero-order chi connectivity index (χ0) is 39.6. The molecule has 3 atom stereocenters. The Labute approximate surface area is 327 Å². The molecule has 2 saturated heterocycles. The van der Waals surface area contributed by atoms with E-state index >= 15 is 0 Å². The van der Waals surface area contributed by atoms with Gasteiger partial charge in [0, 0.05) is 51.0 Å². The standard InChI is InChI=1S/C42H53N5O9/c1-4-20-55-42(51)47-33-26-37(36(52-3)25-31(33)40(50)46-19-9-7-12-32(46)41(47)56-39-14-8-11-22-54-39)53-21-10-5-6-13-38(49)44-30-24-34(45(2)27-30)35(48)23-28-15-17-29(43)18-16-28/h4,15-18,24-27,32,39,41H,1,5-14,19-23,43H2,2-3H3,(H,44,49)/t32-,39?,41?/m0/s1. The minimum atomic E-state index is -0.856. The number of carbonyl (C=O) groups is 4. The molecular weight excluding hydrogens is 718 g/mol. The number of methoxy groups -OCH3 is 1. The van der Waals surface area contributed by atoms with Gasteiger partial charge < -0.3 is 44.2 Å². The van der Waals surface area contributed by atoms with Gasteiger partial charge in [-0.3, -0.25) is 14.4 Å². The Balaban J connectivity index is 1.09. The number of nitrogens with two attached hydrogens (primary N) is 1. The van der Waals surface area contributed by atoms with E-state index in [0.717, 1.165) is 31.2 Å². The van der Waals surface area contributed by atoms with Crippen molar-refractivity contribution in [2.45, 2.75) is 89.2 Å². The molecule has 1 aromatic heterocycles. The average molecular weight is 772 g/mol. The van der Waals surface area contributed by atoms with Gasteiger partial charge in [0.25, 0.3) is 5.91 Å². The van der Waals surface area contributed by atoms with Crippen molar-refractivity contribution in [3.8, 4) is 11.5 Å². The number of amides is 3. The number of aromatic nitrogens is 1. The topological polar surface area (TPSA) is 164 Å². The summed E-state index contributed by atoms with van der Waals surface area (Å²) in [7, 11) is 3.28. The summed E-state index contributed by atoms with van der Waals surface area (Å²) >= 11 is 0. The van der Waals surface area contributed by atoms with E-state index in [0.29, 0.717) is 92.5 Å². The number of ether oxygens (including phenoxy) is 5. The second-order valence-corrected chi connectivity index (χ2v) is 14.4. The number of unbranched alkanes of at least 4 members (excludes halogenated alkanes) is 2. The number of nitrogens with zero attached hydrogens (tertiary/aromatic N) is 3. The van der Waals surface area contributed by atoms with E-state index in [1.54, 1.807) is 53.0 Å². The summed E-state index contributed by atoms with van der Waals surface area (Å²) in [6.45, 7) is 5.06. The molecule has 0 bridgehead atoms. The van der Waals surface area contributed by atoms with Crippen molar-refractivity contribution >= 4 is 40.8 Å². The van der Waals surface area contributed by atoms with Crippen LogP contribution in [0.5, 0.6) is 11.5 Å². The summed E-state index contributed by atoms with van der Waals surface area (Å²) in [6.07, 6.45) is 8.56. The number of piperidine rings is 1. The first-order valence-corrected chi connectivity index (χ1v) is 19.5. The summed E-state index contributed by atoms with van der Waals surface area (Å²) in [5.41, 5.74) is 8.92. The fourth-order valence-electron chi connectivity index (χ4n) is 7.48. The molecule has 14 nitrogen and oxygen atoms in total. The van der Waals surface area contributed by atoms with Crippen molar-refractivity contribution in [3.63, 3.8) is 0 Å². The normalized spacial score (nSPS) is 19.3. The van der Waals surface area contributed by atoms with Gasteiger partial charge in [-0.05, 0) is 87.6 Å². The number of fused-ring (bicyclic) bond motifs is 2. The van der Waals surface area contributed by atoms with Gasteiger partial charge in [0.1, 0.15) is 6.61 Å². The van der Waals surface area contributed by atoms with Crippen LogP contribution < -0.4 is 25.4 Å². The van der Waals surface area contributed by atoms with Crippen molar-refractivity contribution in [1.82, 2.24) is 9.47 Å². The summed E-state index contributed by atoms with van der Waals surface area (Å²) in [5, 5.41) is 2.90. The maximum atomic E-state index is 14.2. The van der Waals surface area contributed by atoms with E-state index in [1.807, 2.05) is 12.1 Å². The highest BCUT2D eigenvalue weighted by atomic mass is 16.7. The van der Waals surface area contributed by atoms with Crippen LogP contribution in [-0.2, 0) is 32.5 Å². The summed E-state index contributed by atoms with van der Waals surface area (Å²) in [6, 6.07) is 11.7. The number of hydrogen-bond donors (Lipinski definition) is 2. The van der Waals surface area contributed by atoms with Gasteiger partial charge in [-0.2, -0.15) is 0 Å². The second-order valence-electron chi connectivity index (χ2n) is 14.4. The van der Waals surface area contributed by atoms with E-state index in [2.05, 4.69) is 11.9 Å². The van der Waals surface area contributed by atoms with Crippen molar-refractivity contribution in [1.29, 1.82) is 0 Å². The number of carbonyl (C=O) groups excluding carboxylic acids is 4. The van der Waals surface area contributed by atoms with E-state index in [4.69, 9.17) is 29.4 Å². The van der Waals surface area contributed by atoms with Crippen LogP contribution in [0.3, 0.4) is 0 Å². The number of nitrogens with one attached hydrogen (secondary N) is 1. The van der Waals surface area contributed by atoms with Crippen LogP contribution in [-0.4, -0.2) is 85.2 Å². The van der Waals surface area contributed by atoms with Crippen LogP contribution >= 0.6 is 0 Å². The van der Waals surface area contributed by atoms with Gasteiger partial charge in [-0.1, -0.05) is 24.8 Å². The third-order valence-electron chi connectivity index (χ3n) is 10.3. The molecule has 300 valence electrons. The molecule has 3 amide bonds. The molecule has 4 heterocycles. The molecule has 0 aliphatic carbocycles. The lowest BCUT2D eigenvalue weighted by molar-refractivity contribution is -0.198. The van der Waals surface area contributed by atoms with Crippen LogP contribution in [0.25, 0.3) is 0 Å². The summed E-state index contributed by atoms with van der Waals surface area (Å²) < 4.78 is 31.7. The van der Waals surface area contributed by atoms with E-state index in [-0.39, 0.29) is 36.2 Å². The van der Waals surface area contributed by atoms with Crippen molar-refractivity contribution in [2.75, 3.05) is 49.4 Å². The predicted octanol–water partition coefficient (Wildman–Crippen LogP) is 6.63. The monoisotopic (exact) mass is 771 g/mol. The van der Waals surface area contributed by atoms with Gasteiger partial charge >= 0.3 is 6.09 Å². The summed E-state index contributed by atoms with van der Waals surface area (Å²) in [5.74, 6) is 0.280. The maximum absolute atomic E-state index is 14.2. The number of rotatable bonds is 16. The Bertz CT molecular complexity index is 1870. The lowest BCUT2D eigenvalue weighted by atomic mass is 10.00. The maximum Gasteiger partial charge on any atom is 0.416 e. The third-order valence-corrected chi connectivity index (χ3v) is 10.3. The van der Waals surface area contributed by atoms with Crippen LogP contribution in [0, 0.1) is 0 Å². The molecule has 2 aromatic carbocycles. The van der Waals surface area contributed by atoms with Gasteiger partial charge in [0.15, 0.2) is 29.8 Å². The predicted molar refractivity (Wildman–Crippen MR) is 211 cm³/mol. The number of benzene rings is 2. The molecule has 0 spiro atoms. The number of hydrogen-bond acceptors (Lipinski definition) is 10. The zero-order valence-corrected chi connectivity index (χ0v) is 32.3. The molecular formula is C42H53N5O9. The average Bonchev–Trinajstić information content (AvgIpc) is 3.54. The largest absolute Gasteiger partial charge is 0.493 e. The van der Waals surface area contributed by atoms with E-state index in [9.17, 15) is 19.2 Å². The third kappa shape index (κ3) is 9.72. The lowest BCUT2D eigenvalue weighted by Crippen LogP contribution is -2.57. The number of nitrogen functional groups attached to an aromatic ring is 1. The first-order chi connectivity index (χ1) is 27.2. The molecule has 3 aliphatic rings. The van der Waals surface area contributed by atoms with Crippen LogP contribution in [0.2, 0.25) is 0 Å². The molecule has 6 rings (SSSR count). The number of Topliss-reactive ketones (excluding diaryl/α,β-unsaturated/α-hetero) is 1. The minimum absolute atomic E-state index is 0.0193. The Morgan fingerprint density at radius 3 is 2.57 bits per heavy atom. The highest BCUT2D eigenvalue weighted by Gasteiger charge is 2.47. The SMILES string of the molecule is C=CCOC(=O)N1c2cc(OCCCCCC(=O)Nc3cc(C(=O)Cc4ccc(N)cc4)n(C)c3)c(OC)cc2C(=O)N2CCCC[C@H]2C1OC1CCCCO1. The Morgan fingerprint density at radius 1 is 1.02 bits per heavy atom. The summed E-state index contributed by atoms with van der Waals surface area (Å²) in [4.78, 5) is 57.0. The molecule has 2 unspecified atom stereocenters. The van der Waals surface area contributed by atoms with Crippen LogP contribution in [0.1, 0.15) is 90.6 Å². The molecule has 2 fully saturated rings. The van der Waals surface area contributed by atoms with E-state index < -0.39 is 24.7 Å². The van der Waals surface area contributed by atoms with Crippen molar-refractivity contribution in [2.24, 2.45) is 7.05 Å².